The summed E-state index contributed by atoms with van der Waals surface area (Å²) in [6, 6.07) is 7.05. The molecule has 1 aromatic rings. The van der Waals surface area contributed by atoms with Crippen LogP contribution in [0.2, 0.25) is 0 Å². The summed E-state index contributed by atoms with van der Waals surface area (Å²) in [5, 5.41) is 11.7. The first-order valence-electron chi connectivity index (χ1n) is 5.49. The van der Waals surface area contributed by atoms with Crippen LogP contribution in [0, 0.1) is 0 Å². The van der Waals surface area contributed by atoms with Crippen molar-refractivity contribution in [1.29, 1.82) is 0 Å². The number of benzene rings is 1. The number of aliphatic hydroxyl groups excluding tert-OH is 1. The summed E-state index contributed by atoms with van der Waals surface area (Å²) in [5.41, 5.74) is 1.40. The fourth-order valence-electron chi connectivity index (χ4n) is 1.61. The molecule has 0 aromatic heterocycles. The van der Waals surface area contributed by atoms with Crippen molar-refractivity contribution in [3.05, 3.63) is 29.8 Å². The number of nitrogens with one attached hydrogen (secondary N) is 1. The van der Waals surface area contributed by atoms with Crippen molar-refractivity contribution < 1.29 is 19.4 Å². The fourth-order valence-corrected chi connectivity index (χ4v) is 1.61. The first kappa shape index (κ1) is 12.0. The molecule has 0 aliphatic carbocycles. The lowest BCUT2D eigenvalue weighted by atomic mass is 10.2. The quantitative estimate of drug-likeness (QED) is 0.804. The highest BCUT2D eigenvalue weighted by atomic mass is 16.6. The predicted molar refractivity (Wildman–Crippen MR) is 61.6 cm³/mol. The van der Waals surface area contributed by atoms with Crippen molar-refractivity contribution in [1.82, 2.24) is 0 Å². The molecule has 0 radical (unpaired) electrons. The molecule has 17 heavy (non-hydrogen) atoms. The summed E-state index contributed by atoms with van der Waals surface area (Å²) in [4.78, 5) is 11.8. The van der Waals surface area contributed by atoms with Gasteiger partial charge in [-0.15, -0.1) is 0 Å². The number of ether oxygens (including phenoxy) is 2. The van der Waals surface area contributed by atoms with Gasteiger partial charge in [-0.1, -0.05) is 12.1 Å². The third-order valence-electron chi connectivity index (χ3n) is 2.49. The minimum atomic E-state index is -0.554. The van der Waals surface area contributed by atoms with E-state index in [4.69, 9.17) is 14.6 Å². The second kappa shape index (κ2) is 5.77. The van der Waals surface area contributed by atoms with E-state index >= 15 is 0 Å². The molecule has 1 atom stereocenters. The molecule has 1 amide bonds. The Hall–Kier alpha value is -1.43. The van der Waals surface area contributed by atoms with E-state index in [0.29, 0.717) is 18.9 Å². The van der Waals surface area contributed by atoms with Gasteiger partial charge in [0.1, 0.15) is 0 Å². The van der Waals surface area contributed by atoms with Crippen LogP contribution in [-0.4, -0.2) is 36.9 Å². The average Bonchev–Trinajstić information content (AvgIpc) is 2.40. The molecule has 0 spiro atoms. The third-order valence-corrected chi connectivity index (χ3v) is 2.49. The average molecular weight is 237 g/mol. The maximum atomic E-state index is 11.8. The minimum Gasteiger partial charge on any atom is -0.392 e. The molecule has 1 saturated heterocycles. The van der Waals surface area contributed by atoms with E-state index in [9.17, 15) is 4.79 Å². The molecular formula is C12H15NO4. The van der Waals surface area contributed by atoms with E-state index in [1.165, 1.54) is 0 Å². The van der Waals surface area contributed by atoms with Gasteiger partial charge in [-0.3, -0.25) is 4.79 Å². The highest BCUT2D eigenvalue weighted by Crippen LogP contribution is 2.12. The van der Waals surface area contributed by atoms with Gasteiger partial charge in [0.05, 0.1) is 26.4 Å². The molecule has 1 aliphatic heterocycles. The van der Waals surface area contributed by atoms with E-state index in [0.717, 1.165) is 5.56 Å². The Balaban J connectivity index is 1.96. The van der Waals surface area contributed by atoms with Crippen LogP contribution in [0.5, 0.6) is 0 Å². The van der Waals surface area contributed by atoms with Crippen LogP contribution in [0.25, 0.3) is 0 Å². The first-order valence-corrected chi connectivity index (χ1v) is 5.49. The second-order valence-electron chi connectivity index (χ2n) is 3.78. The lowest BCUT2D eigenvalue weighted by molar-refractivity contribution is -0.142. The molecule has 5 heteroatoms. The number of aliphatic hydroxyl groups is 1. The van der Waals surface area contributed by atoms with Crippen molar-refractivity contribution in [3.8, 4) is 0 Å². The number of carbonyl (C=O) groups excluding carboxylic acids is 1. The van der Waals surface area contributed by atoms with Crippen LogP contribution in [0.3, 0.4) is 0 Å². The van der Waals surface area contributed by atoms with Gasteiger partial charge in [0.25, 0.3) is 5.91 Å². The summed E-state index contributed by atoms with van der Waals surface area (Å²) in [6.07, 6.45) is -0.554. The van der Waals surface area contributed by atoms with E-state index in [1.54, 1.807) is 24.3 Å². The Morgan fingerprint density at radius 1 is 1.47 bits per heavy atom. The molecule has 1 fully saturated rings. The van der Waals surface area contributed by atoms with Crippen LogP contribution in [0.15, 0.2) is 24.3 Å². The van der Waals surface area contributed by atoms with Gasteiger partial charge in [0.2, 0.25) is 0 Å². The second-order valence-corrected chi connectivity index (χ2v) is 3.78. The normalized spacial score (nSPS) is 19.9. The molecule has 1 heterocycles. The van der Waals surface area contributed by atoms with Crippen LogP contribution in [0.4, 0.5) is 5.69 Å². The van der Waals surface area contributed by atoms with Crippen molar-refractivity contribution in [2.45, 2.75) is 12.7 Å². The maximum Gasteiger partial charge on any atom is 0.255 e. The molecule has 2 rings (SSSR count). The molecular weight excluding hydrogens is 222 g/mol. The van der Waals surface area contributed by atoms with Gasteiger partial charge in [-0.05, 0) is 17.7 Å². The first-order chi connectivity index (χ1) is 8.29. The van der Waals surface area contributed by atoms with Crippen LogP contribution in [0.1, 0.15) is 5.56 Å². The van der Waals surface area contributed by atoms with Crippen molar-refractivity contribution >= 4 is 11.6 Å². The Kier molecular flexibility index (Phi) is 4.08. The smallest absolute Gasteiger partial charge is 0.255 e. The van der Waals surface area contributed by atoms with E-state index < -0.39 is 6.10 Å². The standard InChI is InChI=1S/C12H15NO4/c14-7-9-2-1-3-10(6-9)13-12(15)11-8-16-4-5-17-11/h1-3,6,11,14H,4-5,7-8H2,(H,13,15). The number of amides is 1. The summed E-state index contributed by atoms with van der Waals surface area (Å²) in [7, 11) is 0. The molecule has 1 unspecified atom stereocenters. The zero-order valence-electron chi connectivity index (χ0n) is 9.39. The molecule has 0 bridgehead atoms. The molecule has 5 nitrogen and oxygen atoms in total. The third kappa shape index (κ3) is 3.26. The number of rotatable bonds is 3. The largest absolute Gasteiger partial charge is 0.392 e. The minimum absolute atomic E-state index is 0.0489. The summed E-state index contributed by atoms with van der Waals surface area (Å²) >= 11 is 0. The Morgan fingerprint density at radius 3 is 3.06 bits per heavy atom. The van der Waals surface area contributed by atoms with Crippen LogP contribution in [-0.2, 0) is 20.9 Å². The number of hydrogen-bond donors (Lipinski definition) is 2. The zero-order valence-corrected chi connectivity index (χ0v) is 9.39. The van der Waals surface area contributed by atoms with Gasteiger partial charge in [-0.25, -0.2) is 0 Å². The Labute approximate surface area is 99.3 Å². The number of anilines is 1. The SMILES string of the molecule is O=C(Nc1cccc(CO)c1)C1COCCO1. The van der Waals surface area contributed by atoms with Crippen molar-refractivity contribution in [2.24, 2.45) is 0 Å². The van der Waals surface area contributed by atoms with E-state index in [2.05, 4.69) is 5.32 Å². The van der Waals surface area contributed by atoms with Gasteiger partial charge < -0.3 is 19.9 Å². The highest BCUT2D eigenvalue weighted by Gasteiger charge is 2.22. The van der Waals surface area contributed by atoms with Crippen molar-refractivity contribution in [3.63, 3.8) is 0 Å². The van der Waals surface area contributed by atoms with Crippen molar-refractivity contribution in [2.75, 3.05) is 25.1 Å². The number of carbonyl (C=O) groups is 1. The molecule has 0 saturated carbocycles. The van der Waals surface area contributed by atoms with Gasteiger partial charge >= 0.3 is 0 Å². The lowest BCUT2D eigenvalue weighted by Gasteiger charge is -2.22. The Morgan fingerprint density at radius 2 is 2.35 bits per heavy atom. The fraction of sp³-hybridized carbons (Fsp3) is 0.417. The lowest BCUT2D eigenvalue weighted by Crippen LogP contribution is -2.39. The molecule has 1 aliphatic rings. The van der Waals surface area contributed by atoms with E-state index in [-0.39, 0.29) is 19.1 Å². The monoisotopic (exact) mass is 237 g/mol. The van der Waals surface area contributed by atoms with Gasteiger partial charge in [0.15, 0.2) is 6.10 Å². The van der Waals surface area contributed by atoms with E-state index in [1.807, 2.05) is 0 Å². The zero-order chi connectivity index (χ0) is 12.1. The topological polar surface area (TPSA) is 67.8 Å². The van der Waals surface area contributed by atoms with Gasteiger partial charge in [0, 0.05) is 5.69 Å². The van der Waals surface area contributed by atoms with Crippen LogP contribution >= 0.6 is 0 Å². The maximum absolute atomic E-state index is 11.8. The summed E-state index contributed by atoms with van der Waals surface area (Å²) in [6.45, 7) is 1.21. The summed E-state index contributed by atoms with van der Waals surface area (Å²) in [5.74, 6) is -0.222. The molecule has 92 valence electrons. The molecule has 2 N–H and O–H groups in total. The number of hydrogen-bond acceptors (Lipinski definition) is 4. The highest BCUT2D eigenvalue weighted by molar-refractivity contribution is 5.94. The summed E-state index contributed by atoms with van der Waals surface area (Å²) < 4.78 is 10.4. The Bertz CT molecular complexity index is 388. The predicted octanol–water partition coefficient (Wildman–Crippen LogP) is 0.533. The molecule has 1 aromatic carbocycles. The van der Waals surface area contributed by atoms with Gasteiger partial charge in [-0.2, -0.15) is 0 Å². The van der Waals surface area contributed by atoms with Crippen LogP contribution < -0.4 is 5.32 Å².